The smallest absolute Gasteiger partial charge is 0.320 e. The van der Waals surface area contributed by atoms with Gasteiger partial charge in [0.1, 0.15) is 7.11 Å². The average molecular weight is 456 g/mol. The van der Waals surface area contributed by atoms with Crippen LogP contribution in [0.4, 0.5) is 4.79 Å². The number of piperazine rings is 1. The fraction of sp³-hybridized carbons (Fsp3) is 0.458. The molecule has 2 fully saturated rings. The number of amides is 2. The number of pyridine rings is 1. The molecule has 32 heavy (non-hydrogen) atoms. The molecule has 1 aromatic carbocycles. The maximum absolute atomic E-state index is 13.1. The van der Waals surface area contributed by atoms with Crippen LogP contribution in [0.2, 0.25) is 5.02 Å². The Morgan fingerprint density at radius 2 is 1.72 bits per heavy atom. The summed E-state index contributed by atoms with van der Waals surface area (Å²) in [6.07, 6.45) is 3.57. The number of likely N-dealkylation sites (tertiary alicyclic amines) is 1. The van der Waals surface area contributed by atoms with E-state index in [0.717, 1.165) is 75.6 Å². The summed E-state index contributed by atoms with van der Waals surface area (Å²) in [6.45, 7) is 5.56. The van der Waals surface area contributed by atoms with Crippen LogP contribution in [0.1, 0.15) is 24.1 Å². The van der Waals surface area contributed by atoms with E-state index >= 15 is 0 Å². The fourth-order valence-electron chi connectivity index (χ4n) is 4.44. The Hall–Kier alpha value is -2.64. The van der Waals surface area contributed by atoms with Gasteiger partial charge in [-0.1, -0.05) is 35.0 Å². The third-order valence-corrected chi connectivity index (χ3v) is 6.49. The standard InChI is InChI=1S/C24H30ClN5O2/c1-32-27-23(19-5-7-21(25)8-6-19)20-9-12-29(13-10-20)24(31)30-16-14-28(15-17-30)18-22-4-2-3-11-26-22/h2-8,11,20H,9-10,12-18H2,1H3/b27-23+. The highest BCUT2D eigenvalue weighted by atomic mass is 35.5. The van der Waals surface area contributed by atoms with Gasteiger partial charge in [0.05, 0.1) is 11.4 Å². The molecule has 7 nitrogen and oxygen atoms in total. The number of hydrogen-bond acceptors (Lipinski definition) is 5. The summed E-state index contributed by atoms with van der Waals surface area (Å²) < 4.78 is 0. The normalized spacial score (nSPS) is 18.6. The van der Waals surface area contributed by atoms with Crippen LogP contribution in [-0.2, 0) is 11.4 Å². The largest absolute Gasteiger partial charge is 0.399 e. The van der Waals surface area contributed by atoms with Gasteiger partial charge in [-0.15, -0.1) is 0 Å². The van der Waals surface area contributed by atoms with Crippen molar-refractivity contribution in [1.82, 2.24) is 19.7 Å². The van der Waals surface area contributed by atoms with Gasteiger partial charge in [0.15, 0.2) is 0 Å². The first-order chi connectivity index (χ1) is 15.6. The van der Waals surface area contributed by atoms with Crippen molar-refractivity contribution in [2.24, 2.45) is 11.1 Å². The molecule has 0 aliphatic carbocycles. The quantitative estimate of drug-likeness (QED) is 0.509. The molecular formula is C24H30ClN5O2. The highest BCUT2D eigenvalue weighted by Crippen LogP contribution is 2.25. The molecule has 2 amide bonds. The zero-order valence-corrected chi connectivity index (χ0v) is 19.2. The predicted molar refractivity (Wildman–Crippen MR) is 126 cm³/mol. The molecule has 2 aliphatic rings. The van der Waals surface area contributed by atoms with Crippen LogP contribution in [0.3, 0.4) is 0 Å². The first kappa shape index (κ1) is 22.6. The molecule has 170 valence electrons. The monoisotopic (exact) mass is 455 g/mol. The Labute approximate surface area is 194 Å². The zero-order valence-electron chi connectivity index (χ0n) is 18.5. The van der Waals surface area contributed by atoms with Gasteiger partial charge in [0.25, 0.3) is 0 Å². The van der Waals surface area contributed by atoms with Gasteiger partial charge >= 0.3 is 6.03 Å². The topological polar surface area (TPSA) is 61.3 Å². The Morgan fingerprint density at radius 3 is 2.34 bits per heavy atom. The molecule has 2 aromatic rings. The first-order valence-corrected chi connectivity index (χ1v) is 11.5. The van der Waals surface area contributed by atoms with Crippen molar-refractivity contribution < 1.29 is 9.63 Å². The number of oxime groups is 1. The van der Waals surface area contributed by atoms with Crippen molar-refractivity contribution in [3.05, 3.63) is 64.9 Å². The number of halogens is 1. The summed E-state index contributed by atoms with van der Waals surface area (Å²) in [4.78, 5) is 28.9. The number of rotatable bonds is 5. The number of benzene rings is 1. The van der Waals surface area contributed by atoms with E-state index in [-0.39, 0.29) is 11.9 Å². The number of aromatic nitrogens is 1. The number of hydrogen-bond donors (Lipinski definition) is 0. The fourth-order valence-corrected chi connectivity index (χ4v) is 4.57. The van der Waals surface area contributed by atoms with E-state index in [0.29, 0.717) is 5.02 Å². The molecule has 0 radical (unpaired) electrons. The van der Waals surface area contributed by atoms with E-state index in [4.69, 9.17) is 16.4 Å². The molecule has 0 spiro atoms. The van der Waals surface area contributed by atoms with Crippen LogP contribution >= 0.6 is 11.6 Å². The van der Waals surface area contributed by atoms with Crippen LogP contribution < -0.4 is 0 Å². The Balaban J connectivity index is 1.28. The van der Waals surface area contributed by atoms with Gasteiger partial charge in [-0.05, 0) is 42.7 Å². The summed E-state index contributed by atoms with van der Waals surface area (Å²) in [5.41, 5.74) is 3.02. The molecule has 2 saturated heterocycles. The maximum Gasteiger partial charge on any atom is 0.320 e. The molecule has 0 N–H and O–H groups in total. The van der Waals surface area contributed by atoms with Gasteiger partial charge in [-0.3, -0.25) is 9.88 Å². The first-order valence-electron chi connectivity index (χ1n) is 11.2. The molecule has 1 aromatic heterocycles. The molecule has 0 saturated carbocycles. The molecule has 0 atom stereocenters. The molecule has 0 bridgehead atoms. The van der Waals surface area contributed by atoms with Crippen LogP contribution in [0.5, 0.6) is 0 Å². The Bertz CT molecular complexity index is 906. The molecule has 0 unspecified atom stereocenters. The molecule has 2 aliphatic heterocycles. The lowest BCUT2D eigenvalue weighted by Gasteiger charge is -2.39. The van der Waals surface area contributed by atoms with Crippen molar-refractivity contribution >= 4 is 23.3 Å². The van der Waals surface area contributed by atoms with Crippen molar-refractivity contribution in [1.29, 1.82) is 0 Å². The minimum absolute atomic E-state index is 0.151. The van der Waals surface area contributed by atoms with Crippen molar-refractivity contribution in [2.75, 3.05) is 46.4 Å². The van der Waals surface area contributed by atoms with E-state index in [9.17, 15) is 4.79 Å². The molecule has 3 heterocycles. The van der Waals surface area contributed by atoms with Gasteiger partial charge < -0.3 is 14.6 Å². The van der Waals surface area contributed by atoms with E-state index in [1.165, 1.54) is 0 Å². The number of carbonyl (C=O) groups excluding carboxylic acids is 1. The minimum atomic E-state index is 0.151. The maximum atomic E-state index is 13.1. The van der Waals surface area contributed by atoms with Gasteiger partial charge in [0, 0.05) is 63.0 Å². The highest BCUT2D eigenvalue weighted by molar-refractivity contribution is 6.30. The van der Waals surface area contributed by atoms with Crippen LogP contribution in [0.15, 0.2) is 53.8 Å². The SMILES string of the molecule is CO/N=C(\c1ccc(Cl)cc1)C1CCN(C(=O)N2CCN(Cc3ccccn3)CC2)CC1. The lowest BCUT2D eigenvalue weighted by atomic mass is 9.88. The van der Waals surface area contributed by atoms with Gasteiger partial charge in [0.2, 0.25) is 0 Å². The summed E-state index contributed by atoms with van der Waals surface area (Å²) in [5.74, 6) is 0.260. The van der Waals surface area contributed by atoms with Gasteiger partial charge in [-0.2, -0.15) is 0 Å². The van der Waals surface area contributed by atoms with E-state index in [1.54, 1.807) is 7.11 Å². The third-order valence-electron chi connectivity index (χ3n) is 6.24. The summed E-state index contributed by atoms with van der Waals surface area (Å²) in [6, 6.07) is 13.8. The van der Waals surface area contributed by atoms with Crippen molar-refractivity contribution in [3.63, 3.8) is 0 Å². The number of nitrogens with zero attached hydrogens (tertiary/aromatic N) is 5. The second-order valence-corrected chi connectivity index (χ2v) is 8.73. The van der Waals surface area contributed by atoms with E-state index < -0.39 is 0 Å². The Kier molecular flexibility index (Phi) is 7.60. The summed E-state index contributed by atoms with van der Waals surface area (Å²) >= 11 is 6.03. The predicted octanol–water partition coefficient (Wildman–Crippen LogP) is 3.74. The Morgan fingerprint density at radius 1 is 1.03 bits per heavy atom. The number of urea groups is 1. The molecular weight excluding hydrogens is 426 g/mol. The number of carbonyl (C=O) groups is 1. The minimum Gasteiger partial charge on any atom is -0.399 e. The average Bonchev–Trinajstić information content (AvgIpc) is 2.84. The zero-order chi connectivity index (χ0) is 22.3. The number of piperidine rings is 1. The summed E-state index contributed by atoms with van der Waals surface area (Å²) in [7, 11) is 1.57. The van der Waals surface area contributed by atoms with Crippen LogP contribution in [-0.4, -0.2) is 77.8 Å². The summed E-state index contributed by atoms with van der Waals surface area (Å²) in [5, 5.41) is 5.00. The van der Waals surface area contributed by atoms with Crippen LogP contribution in [0.25, 0.3) is 0 Å². The van der Waals surface area contributed by atoms with Gasteiger partial charge in [-0.25, -0.2) is 4.79 Å². The lowest BCUT2D eigenvalue weighted by molar-refractivity contribution is 0.101. The highest BCUT2D eigenvalue weighted by Gasteiger charge is 2.31. The molecule has 8 heteroatoms. The second-order valence-electron chi connectivity index (χ2n) is 8.29. The van der Waals surface area contributed by atoms with Crippen LogP contribution in [0, 0.1) is 5.92 Å². The second kappa shape index (κ2) is 10.8. The van der Waals surface area contributed by atoms with E-state index in [1.807, 2.05) is 58.5 Å². The van der Waals surface area contributed by atoms with Crippen molar-refractivity contribution in [2.45, 2.75) is 19.4 Å². The molecule has 4 rings (SSSR count). The third kappa shape index (κ3) is 5.58. The van der Waals surface area contributed by atoms with E-state index in [2.05, 4.69) is 15.0 Å². The van der Waals surface area contributed by atoms with Crippen molar-refractivity contribution in [3.8, 4) is 0 Å². The lowest BCUT2D eigenvalue weighted by Crippen LogP contribution is -2.54.